The van der Waals surface area contributed by atoms with Gasteiger partial charge in [0.1, 0.15) is 0 Å². The minimum Gasteiger partial charge on any atom is -0.454 e. The SMILES string of the molecule is C[C@H](SCc1cc(Cl)c2c(c1)OCO2)C(=O)N[C@@H]1CCS(=O)(=O)C1. The van der Waals surface area contributed by atoms with Crippen LogP contribution in [0.15, 0.2) is 12.1 Å². The van der Waals surface area contributed by atoms with Crippen LogP contribution in [0, 0.1) is 0 Å². The fourth-order valence-corrected chi connectivity index (χ4v) is 5.42. The van der Waals surface area contributed by atoms with E-state index in [0.29, 0.717) is 28.7 Å². The molecular weight excluding hydrogens is 374 g/mol. The molecular formula is C15H18ClNO5S2. The Labute approximate surface area is 150 Å². The molecule has 0 bridgehead atoms. The van der Waals surface area contributed by atoms with Crippen molar-refractivity contribution in [1.29, 1.82) is 0 Å². The van der Waals surface area contributed by atoms with E-state index < -0.39 is 9.84 Å². The lowest BCUT2D eigenvalue weighted by molar-refractivity contribution is -0.120. The Morgan fingerprint density at radius 2 is 2.25 bits per heavy atom. The number of sulfone groups is 1. The molecule has 2 aliphatic rings. The number of thioether (sulfide) groups is 1. The molecule has 1 N–H and O–H groups in total. The van der Waals surface area contributed by atoms with Crippen LogP contribution in [0.4, 0.5) is 0 Å². The quantitative estimate of drug-likeness (QED) is 0.826. The molecule has 132 valence electrons. The molecule has 6 nitrogen and oxygen atoms in total. The first-order valence-electron chi connectivity index (χ1n) is 7.54. The van der Waals surface area contributed by atoms with Gasteiger partial charge in [-0.05, 0) is 31.0 Å². The maximum atomic E-state index is 12.2. The van der Waals surface area contributed by atoms with E-state index in [1.165, 1.54) is 11.8 Å². The van der Waals surface area contributed by atoms with E-state index in [9.17, 15) is 13.2 Å². The number of carbonyl (C=O) groups is 1. The van der Waals surface area contributed by atoms with E-state index in [4.69, 9.17) is 21.1 Å². The number of hydrogen-bond donors (Lipinski definition) is 1. The minimum atomic E-state index is -2.99. The summed E-state index contributed by atoms with van der Waals surface area (Å²) in [4.78, 5) is 12.2. The first kappa shape index (κ1) is 17.7. The first-order valence-corrected chi connectivity index (χ1v) is 10.8. The van der Waals surface area contributed by atoms with Crippen molar-refractivity contribution in [3.63, 3.8) is 0 Å². The van der Waals surface area contributed by atoms with Gasteiger partial charge in [-0.25, -0.2) is 8.42 Å². The summed E-state index contributed by atoms with van der Waals surface area (Å²) < 4.78 is 33.5. The second-order valence-corrected chi connectivity index (χ2v) is 9.84. The third-order valence-corrected chi connectivity index (χ3v) is 7.20. The monoisotopic (exact) mass is 391 g/mol. The summed E-state index contributed by atoms with van der Waals surface area (Å²) in [5.41, 5.74) is 0.942. The lowest BCUT2D eigenvalue weighted by atomic mass is 10.2. The number of carbonyl (C=O) groups excluding carboxylic acids is 1. The normalized spacial score (nSPS) is 22.3. The van der Waals surface area contributed by atoms with Crippen molar-refractivity contribution in [1.82, 2.24) is 5.32 Å². The van der Waals surface area contributed by atoms with Gasteiger partial charge >= 0.3 is 0 Å². The summed E-state index contributed by atoms with van der Waals surface area (Å²) in [5.74, 6) is 1.80. The summed E-state index contributed by atoms with van der Waals surface area (Å²) in [5, 5.41) is 3.01. The lowest BCUT2D eigenvalue weighted by Gasteiger charge is -2.16. The van der Waals surface area contributed by atoms with Crippen molar-refractivity contribution in [2.45, 2.75) is 30.4 Å². The summed E-state index contributed by atoms with van der Waals surface area (Å²) >= 11 is 7.60. The molecule has 0 aliphatic carbocycles. The molecule has 1 fully saturated rings. The van der Waals surface area contributed by atoms with Gasteiger partial charge in [0.25, 0.3) is 0 Å². The second-order valence-electron chi connectivity index (χ2n) is 5.87. The highest BCUT2D eigenvalue weighted by Gasteiger charge is 2.30. The molecule has 0 unspecified atom stereocenters. The maximum Gasteiger partial charge on any atom is 0.233 e. The van der Waals surface area contributed by atoms with Crippen molar-refractivity contribution in [3.8, 4) is 11.5 Å². The van der Waals surface area contributed by atoms with Gasteiger partial charge in [-0.15, -0.1) is 11.8 Å². The van der Waals surface area contributed by atoms with E-state index in [1.807, 2.05) is 6.07 Å². The van der Waals surface area contributed by atoms with E-state index in [-0.39, 0.29) is 35.5 Å². The minimum absolute atomic E-state index is 0.0356. The first-order chi connectivity index (χ1) is 11.3. The van der Waals surface area contributed by atoms with Crippen LogP contribution in [0.25, 0.3) is 0 Å². The Kier molecular flexibility index (Phi) is 5.17. The number of amides is 1. The van der Waals surface area contributed by atoms with Gasteiger partial charge < -0.3 is 14.8 Å². The highest BCUT2D eigenvalue weighted by atomic mass is 35.5. The van der Waals surface area contributed by atoms with Crippen LogP contribution in [0.2, 0.25) is 5.02 Å². The topological polar surface area (TPSA) is 81.7 Å². The highest BCUT2D eigenvalue weighted by Crippen LogP contribution is 2.40. The number of hydrogen-bond acceptors (Lipinski definition) is 6. The largest absolute Gasteiger partial charge is 0.454 e. The lowest BCUT2D eigenvalue weighted by Crippen LogP contribution is -2.40. The standard InChI is InChI=1S/C15H18ClNO5S2/c1-9(15(18)17-11-2-3-24(19,20)7-11)23-6-10-4-12(16)14-13(5-10)21-8-22-14/h4-5,9,11H,2-3,6-8H2,1H3,(H,17,18)/t9-,11+/m0/s1. The zero-order chi connectivity index (χ0) is 17.3. The van der Waals surface area contributed by atoms with Crippen LogP contribution < -0.4 is 14.8 Å². The van der Waals surface area contributed by atoms with Gasteiger partial charge in [0, 0.05) is 11.8 Å². The van der Waals surface area contributed by atoms with E-state index in [1.54, 1.807) is 13.0 Å². The molecule has 0 spiro atoms. The van der Waals surface area contributed by atoms with Gasteiger partial charge in [-0.3, -0.25) is 4.79 Å². The molecule has 1 amide bonds. The van der Waals surface area contributed by atoms with Crippen molar-refractivity contribution in [3.05, 3.63) is 22.7 Å². The van der Waals surface area contributed by atoms with Crippen LogP contribution in [0.3, 0.4) is 0 Å². The number of fused-ring (bicyclic) bond motifs is 1. The highest BCUT2D eigenvalue weighted by molar-refractivity contribution is 7.99. The fraction of sp³-hybridized carbons (Fsp3) is 0.533. The van der Waals surface area contributed by atoms with Crippen LogP contribution in [0.5, 0.6) is 11.5 Å². The predicted octanol–water partition coefficient (Wildman–Crippen LogP) is 1.99. The van der Waals surface area contributed by atoms with Crippen LogP contribution in [-0.4, -0.2) is 43.9 Å². The van der Waals surface area contributed by atoms with E-state index >= 15 is 0 Å². The Hall–Kier alpha value is -1.12. The Bertz CT molecular complexity index is 752. The summed E-state index contributed by atoms with van der Waals surface area (Å²) in [6.07, 6.45) is 0.489. The molecule has 1 aromatic carbocycles. The van der Waals surface area contributed by atoms with Gasteiger partial charge in [0.2, 0.25) is 12.7 Å². The molecule has 0 aromatic heterocycles. The van der Waals surface area contributed by atoms with Crippen molar-refractivity contribution in [2.24, 2.45) is 0 Å². The average molecular weight is 392 g/mol. The van der Waals surface area contributed by atoms with Gasteiger partial charge in [0.05, 0.1) is 21.8 Å². The molecule has 2 heterocycles. The van der Waals surface area contributed by atoms with Gasteiger partial charge in [-0.2, -0.15) is 0 Å². The van der Waals surface area contributed by atoms with E-state index in [2.05, 4.69) is 5.32 Å². The van der Waals surface area contributed by atoms with Gasteiger partial charge in [0.15, 0.2) is 21.3 Å². The summed E-state index contributed by atoms with van der Waals surface area (Å²) in [6, 6.07) is 3.39. The molecule has 0 saturated carbocycles. The second kappa shape index (κ2) is 7.01. The Morgan fingerprint density at radius 1 is 1.46 bits per heavy atom. The number of benzene rings is 1. The van der Waals surface area contributed by atoms with Crippen LogP contribution in [-0.2, 0) is 20.4 Å². The molecule has 24 heavy (non-hydrogen) atoms. The zero-order valence-electron chi connectivity index (χ0n) is 13.1. The average Bonchev–Trinajstić information content (AvgIpc) is 3.11. The van der Waals surface area contributed by atoms with E-state index in [0.717, 1.165) is 5.56 Å². The number of ether oxygens (including phenoxy) is 2. The smallest absolute Gasteiger partial charge is 0.233 e. The third-order valence-electron chi connectivity index (χ3n) is 3.94. The summed E-state index contributed by atoms with van der Waals surface area (Å²) in [6.45, 7) is 1.97. The third kappa shape index (κ3) is 4.10. The van der Waals surface area contributed by atoms with Crippen LogP contribution >= 0.6 is 23.4 Å². The molecule has 1 saturated heterocycles. The number of nitrogens with one attached hydrogen (secondary N) is 1. The van der Waals surface area contributed by atoms with Crippen molar-refractivity contribution in [2.75, 3.05) is 18.3 Å². The molecule has 3 rings (SSSR count). The number of halogens is 1. The number of rotatable bonds is 5. The molecule has 2 atom stereocenters. The Morgan fingerprint density at radius 3 is 2.96 bits per heavy atom. The molecule has 2 aliphatic heterocycles. The molecule has 1 aromatic rings. The zero-order valence-corrected chi connectivity index (χ0v) is 15.5. The maximum absolute atomic E-state index is 12.2. The Balaban J connectivity index is 1.53. The molecule has 9 heteroatoms. The predicted molar refractivity (Wildman–Crippen MR) is 93.5 cm³/mol. The molecule has 0 radical (unpaired) electrons. The fourth-order valence-electron chi connectivity index (χ4n) is 2.63. The van der Waals surface area contributed by atoms with Crippen LogP contribution in [0.1, 0.15) is 18.9 Å². The van der Waals surface area contributed by atoms with Crippen molar-refractivity contribution < 1.29 is 22.7 Å². The summed E-state index contributed by atoms with van der Waals surface area (Å²) in [7, 11) is -2.99. The van der Waals surface area contributed by atoms with Gasteiger partial charge in [-0.1, -0.05) is 11.6 Å². The van der Waals surface area contributed by atoms with Crippen molar-refractivity contribution >= 4 is 39.1 Å².